The van der Waals surface area contributed by atoms with Crippen molar-refractivity contribution >= 4 is 23.2 Å². The van der Waals surface area contributed by atoms with Crippen molar-refractivity contribution in [2.75, 3.05) is 19.7 Å². The van der Waals surface area contributed by atoms with Gasteiger partial charge in [0.1, 0.15) is 0 Å². The lowest BCUT2D eigenvalue weighted by atomic mass is 10.0. The summed E-state index contributed by atoms with van der Waals surface area (Å²) in [5.74, 6) is 0. The monoisotopic (exact) mass is 332 g/mol. The molecule has 0 aliphatic carbocycles. The molecular weight excluding hydrogens is 312 g/mol. The molecule has 2 heterocycles. The van der Waals surface area contributed by atoms with Gasteiger partial charge in [-0.3, -0.25) is 4.57 Å². The van der Waals surface area contributed by atoms with Crippen LogP contribution in [0.3, 0.4) is 0 Å². The van der Waals surface area contributed by atoms with Crippen LogP contribution in [0.25, 0.3) is 11.0 Å². The lowest BCUT2D eigenvalue weighted by Gasteiger charge is -2.32. The highest BCUT2D eigenvalue weighted by Crippen LogP contribution is 2.24. The van der Waals surface area contributed by atoms with Gasteiger partial charge in [0.2, 0.25) is 0 Å². The summed E-state index contributed by atoms with van der Waals surface area (Å²) < 4.78 is 6.46. The number of para-hydroxylation sites is 2. The summed E-state index contributed by atoms with van der Waals surface area (Å²) in [7, 11) is 0. The van der Waals surface area contributed by atoms with Crippen LogP contribution >= 0.6 is 0 Å². The van der Waals surface area contributed by atoms with Gasteiger partial charge in [-0.25, -0.2) is 19.7 Å². The van der Waals surface area contributed by atoms with E-state index in [4.69, 9.17) is 4.74 Å². The molecule has 8 nitrogen and oxygen atoms in total. The molecule has 3 amide bonds. The van der Waals surface area contributed by atoms with Gasteiger partial charge >= 0.3 is 17.8 Å². The smallest absolute Gasteiger partial charge is 0.415 e. The Morgan fingerprint density at radius 3 is 2.71 bits per heavy atom. The van der Waals surface area contributed by atoms with Gasteiger partial charge < -0.3 is 14.6 Å². The van der Waals surface area contributed by atoms with E-state index in [1.807, 2.05) is 24.3 Å². The van der Waals surface area contributed by atoms with Crippen molar-refractivity contribution in [1.29, 1.82) is 0 Å². The molecule has 0 spiro atoms. The van der Waals surface area contributed by atoms with Gasteiger partial charge in [0.05, 0.1) is 17.6 Å². The zero-order chi connectivity index (χ0) is 17.1. The summed E-state index contributed by atoms with van der Waals surface area (Å²) in [6, 6.07) is 7.12. The second kappa shape index (κ2) is 6.77. The summed E-state index contributed by atoms with van der Waals surface area (Å²) in [5.41, 5.74) is 1.55. The number of nitrogens with one attached hydrogen (secondary N) is 2. The molecule has 0 unspecified atom stereocenters. The second-order valence-electron chi connectivity index (χ2n) is 5.69. The quantitative estimate of drug-likeness (QED) is 0.877. The predicted molar refractivity (Wildman–Crippen MR) is 88.0 cm³/mol. The first-order valence-corrected chi connectivity index (χ1v) is 8.02. The molecular formula is C16H20N4O4. The van der Waals surface area contributed by atoms with Crippen molar-refractivity contribution in [3.63, 3.8) is 0 Å². The number of ether oxygens (including phenoxy) is 1. The van der Waals surface area contributed by atoms with E-state index < -0.39 is 12.1 Å². The number of carbonyl (C=O) groups excluding carboxylic acids is 2. The highest BCUT2D eigenvalue weighted by molar-refractivity contribution is 5.90. The number of hydrogen-bond acceptors (Lipinski definition) is 4. The molecule has 1 fully saturated rings. The number of fused-ring (bicyclic) bond motifs is 1. The second-order valence-corrected chi connectivity index (χ2v) is 5.69. The molecule has 1 aliphatic rings. The Bertz CT molecular complexity index is 802. The zero-order valence-electron chi connectivity index (χ0n) is 13.4. The van der Waals surface area contributed by atoms with Crippen LogP contribution in [0.1, 0.15) is 25.8 Å². The number of imidazole rings is 1. The summed E-state index contributed by atoms with van der Waals surface area (Å²) in [4.78, 5) is 39.9. The van der Waals surface area contributed by atoms with E-state index in [9.17, 15) is 14.4 Å². The molecule has 2 aromatic rings. The zero-order valence-corrected chi connectivity index (χ0v) is 13.4. The standard InChI is InChI=1S/C16H20N4O4/c1-2-24-16(23)18-14(21)19-9-7-11(8-10-19)20-13-6-4-3-5-12(13)17-15(20)22/h3-6,11H,2,7-10H2,1H3,(H,17,22)(H,18,21,23). The number of alkyl carbamates (subject to hydrolysis) is 1. The Hall–Kier alpha value is -2.77. The van der Waals surface area contributed by atoms with Crippen LogP contribution in [0.2, 0.25) is 0 Å². The number of rotatable bonds is 2. The first kappa shape index (κ1) is 16.1. The highest BCUT2D eigenvalue weighted by Gasteiger charge is 2.26. The normalized spacial score (nSPS) is 15.5. The van der Waals surface area contributed by atoms with Crippen LogP contribution in [0.4, 0.5) is 9.59 Å². The minimum atomic E-state index is -0.738. The van der Waals surface area contributed by atoms with Crippen LogP contribution in [0.15, 0.2) is 29.1 Å². The number of aromatic nitrogens is 2. The average molecular weight is 332 g/mol. The van der Waals surface area contributed by atoms with E-state index in [0.717, 1.165) is 11.0 Å². The van der Waals surface area contributed by atoms with Gasteiger partial charge in [-0.1, -0.05) is 12.1 Å². The first-order valence-electron chi connectivity index (χ1n) is 8.02. The SMILES string of the molecule is CCOC(=O)NC(=O)N1CCC(n2c(=O)[nH]c3ccccc32)CC1. The van der Waals surface area contributed by atoms with Crippen LogP contribution in [-0.2, 0) is 4.74 Å². The molecule has 0 radical (unpaired) electrons. The highest BCUT2D eigenvalue weighted by atomic mass is 16.5. The van der Waals surface area contributed by atoms with Crippen molar-refractivity contribution in [2.45, 2.75) is 25.8 Å². The van der Waals surface area contributed by atoms with E-state index in [2.05, 4.69) is 10.3 Å². The maximum atomic E-state index is 12.2. The Kier molecular flexibility index (Phi) is 4.54. The van der Waals surface area contributed by atoms with Crippen LogP contribution in [-0.4, -0.2) is 46.3 Å². The van der Waals surface area contributed by atoms with Crippen LogP contribution < -0.4 is 11.0 Å². The van der Waals surface area contributed by atoms with Crippen molar-refractivity contribution in [3.05, 3.63) is 34.7 Å². The van der Waals surface area contributed by atoms with E-state index in [0.29, 0.717) is 25.9 Å². The van der Waals surface area contributed by atoms with Crippen LogP contribution in [0.5, 0.6) is 0 Å². The summed E-state index contributed by atoms with van der Waals surface area (Å²) >= 11 is 0. The predicted octanol–water partition coefficient (Wildman–Crippen LogP) is 1.83. The number of benzene rings is 1. The van der Waals surface area contributed by atoms with E-state index >= 15 is 0 Å². The lowest BCUT2D eigenvalue weighted by molar-refractivity contribution is 0.141. The molecule has 2 N–H and O–H groups in total. The molecule has 1 aliphatic heterocycles. The fourth-order valence-corrected chi connectivity index (χ4v) is 3.10. The van der Waals surface area contributed by atoms with Crippen molar-refractivity contribution < 1.29 is 14.3 Å². The molecule has 0 atom stereocenters. The maximum Gasteiger partial charge on any atom is 0.415 e. The molecule has 128 valence electrons. The number of H-pyrrole nitrogens is 1. The number of hydrogen-bond donors (Lipinski definition) is 2. The van der Waals surface area contributed by atoms with E-state index in [-0.39, 0.29) is 18.3 Å². The number of amides is 3. The van der Waals surface area contributed by atoms with E-state index in [1.54, 1.807) is 16.4 Å². The number of piperidine rings is 1. The third-order valence-corrected chi connectivity index (χ3v) is 4.23. The molecule has 1 saturated heterocycles. The largest absolute Gasteiger partial charge is 0.450 e. The minimum Gasteiger partial charge on any atom is -0.450 e. The number of urea groups is 1. The number of nitrogens with zero attached hydrogens (tertiary/aromatic N) is 2. The summed E-state index contributed by atoms with van der Waals surface area (Å²) in [5, 5.41) is 2.19. The fraction of sp³-hybridized carbons (Fsp3) is 0.438. The van der Waals surface area contributed by atoms with Crippen LogP contribution in [0, 0.1) is 0 Å². The van der Waals surface area contributed by atoms with Gasteiger partial charge in [-0.15, -0.1) is 0 Å². The van der Waals surface area contributed by atoms with Gasteiger partial charge in [0.25, 0.3) is 0 Å². The number of imide groups is 1. The third-order valence-electron chi connectivity index (χ3n) is 4.23. The summed E-state index contributed by atoms with van der Waals surface area (Å²) in [6.07, 6.45) is 0.563. The Balaban J connectivity index is 1.66. The van der Waals surface area contributed by atoms with Crippen molar-refractivity contribution in [1.82, 2.24) is 19.8 Å². The Morgan fingerprint density at radius 2 is 2.00 bits per heavy atom. The molecule has 1 aromatic carbocycles. The molecule has 8 heteroatoms. The Morgan fingerprint density at radius 1 is 1.29 bits per heavy atom. The topological polar surface area (TPSA) is 96.4 Å². The first-order chi connectivity index (χ1) is 11.6. The maximum absolute atomic E-state index is 12.2. The van der Waals surface area contributed by atoms with Gasteiger partial charge in [0.15, 0.2) is 0 Å². The van der Waals surface area contributed by atoms with Crippen molar-refractivity contribution in [3.8, 4) is 0 Å². The fourth-order valence-electron chi connectivity index (χ4n) is 3.10. The van der Waals surface area contributed by atoms with Gasteiger partial charge in [-0.05, 0) is 31.9 Å². The summed E-state index contributed by atoms with van der Waals surface area (Å²) in [6.45, 7) is 2.84. The minimum absolute atomic E-state index is 0.0280. The van der Waals surface area contributed by atoms with Gasteiger partial charge in [-0.2, -0.15) is 0 Å². The Labute approximate surface area is 138 Å². The van der Waals surface area contributed by atoms with E-state index in [1.165, 1.54) is 0 Å². The molecule has 1 aromatic heterocycles. The molecule has 0 bridgehead atoms. The molecule has 3 rings (SSSR count). The number of aromatic amines is 1. The third kappa shape index (κ3) is 3.12. The number of likely N-dealkylation sites (tertiary alicyclic amines) is 1. The average Bonchev–Trinajstić information content (AvgIpc) is 2.91. The lowest BCUT2D eigenvalue weighted by Crippen LogP contribution is -2.47. The number of carbonyl (C=O) groups is 2. The van der Waals surface area contributed by atoms with Gasteiger partial charge in [0, 0.05) is 19.1 Å². The molecule has 24 heavy (non-hydrogen) atoms. The molecule has 0 saturated carbocycles. The van der Waals surface area contributed by atoms with Crippen molar-refractivity contribution in [2.24, 2.45) is 0 Å².